The summed E-state index contributed by atoms with van der Waals surface area (Å²) in [6, 6.07) is 6.94. The van der Waals surface area contributed by atoms with Gasteiger partial charge in [0.1, 0.15) is 0 Å². The maximum Gasteiger partial charge on any atom is 0.181 e. The van der Waals surface area contributed by atoms with Crippen LogP contribution in [0.4, 0.5) is 0 Å². The zero-order valence-electron chi connectivity index (χ0n) is 6.20. The fraction of sp³-hybridized carbons (Fsp3) is 0. The summed E-state index contributed by atoms with van der Waals surface area (Å²) >= 11 is 0. The molecule has 1 aromatic carbocycles. The van der Waals surface area contributed by atoms with Crippen LogP contribution in [-0.4, -0.2) is 4.98 Å². The summed E-state index contributed by atoms with van der Waals surface area (Å²) in [6.45, 7) is 0. The molecule has 2 aromatic rings. The number of nitrogens with one attached hydrogen (secondary N) is 1. The van der Waals surface area contributed by atoms with Gasteiger partial charge in [-0.1, -0.05) is 12.1 Å². The van der Waals surface area contributed by atoms with E-state index >= 15 is 0 Å². The Labute approximate surface area is 68.3 Å². The molecule has 1 N–H and O–H groups in total. The molecule has 0 unspecified atom stereocenters. The van der Waals surface area contributed by atoms with Crippen molar-refractivity contribution in [1.29, 1.82) is 0 Å². The largest absolute Gasteiger partial charge is 0.869 e. The molecule has 0 atom stereocenters. The maximum absolute atomic E-state index is 11.2. The molecule has 3 heteroatoms. The Balaban J connectivity index is 3.01. The van der Waals surface area contributed by atoms with Gasteiger partial charge in [-0.3, -0.25) is 4.79 Å². The zero-order valence-corrected chi connectivity index (χ0v) is 6.20. The standard InChI is InChI=1S/C9H7NO2/c11-8-5-10-7-4-2-1-3-6(7)9(8)12/h1-5,11H,(H,10,12)/p-1. The highest BCUT2D eigenvalue weighted by Gasteiger charge is 1.95. The number of rotatable bonds is 0. The summed E-state index contributed by atoms with van der Waals surface area (Å²) < 4.78 is 0. The van der Waals surface area contributed by atoms with E-state index in [4.69, 9.17) is 0 Å². The molecule has 12 heavy (non-hydrogen) atoms. The van der Waals surface area contributed by atoms with Crippen molar-refractivity contribution in [3.05, 3.63) is 40.7 Å². The van der Waals surface area contributed by atoms with Gasteiger partial charge in [0.15, 0.2) is 5.43 Å². The lowest BCUT2D eigenvalue weighted by atomic mass is 10.2. The summed E-state index contributed by atoms with van der Waals surface area (Å²) in [5.41, 5.74) is 0.256. The van der Waals surface area contributed by atoms with E-state index in [0.717, 1.165) is 0 Å². The van der Waals surface area contributed by atoms with Crippen LogP contribution < -0.4 is 10.5 Å². The minimum atomic E-state index is -0.492. The zero-order chi connectivity index (χ0) is 8.55. The Hall–Kier alpha value is -1.77. The third kappa shape index (κ3) is 0.871. The van der Waals surface area contributed by atoms with E-state index in [2.05, 4.69) is 4.98 Å². The summed E-state index contributed by atoms with van der Waals surface area (Å²) in [4.78, 5) is 13.9. The van der Waals surface area contributed by atoms with Crippen LogP contribution in [0.2, 0.25) is 0 Å². The lowest BCUT2D eigenvalue weighted by Gasteiger charge is -2.04. The Morgan fingerprint density at radius 2 is 2.00 bits per heavy atom. The number of aromatic nitrogens is 1. The summed E-state index contributed by atoms with van der Waals surface area (Å²) in [5.74, 6) is -0.492. The second-order valence-corrected chi connectivity index (χ2v) is 2.53. The lowest BCUT2D eigenvalue weighted by Crippen LogP contribution is -2.09. The van der Waals surface area contributed by atoms with Gasteiger partial charge in [0.05, 0.1) is 0 Å². The normalized spacial score (nSPS) is 10.3. The average Bonchev–Trinajstić information content (AvgIpc) is 2.12. The first-order valence-corrected chi connectivity index (χ1v) is 3.56. The fourth-order valence-electron chi connectivity index (χ4n) is 1.15. The van der Waals surface area contributed by atoms with Crippen molar-refractivity contribution in [3.63, 3.8) is 0 Å². The highest BCUT2D eigenvalue weighted by atomic mass is 16.3. The van der Waals surface area contributed by atoms with E-state index in [1.807, 2.05) is 6.07 Å². The predicted octanol–water partition coefficient (Wildman–Crippen LogP) is 0.602. The number of hydrogen-bond acceptors (Lipinski definition) is 2. The minimum Gasteiger partial charge on any atom is -0.869 e. The summed E-state index contributed by atoms with van der Waals surface area (Å²) in [7, 11) is 0. The van der Waals surface area contributed by atoms with Crippen molar-refractivity contribution < 1.29 is 5.11 Å². The molecule has 0 spiro atoms. The lowest BCUT2D eigenvalue weighted by molar-refractivity contribution is -0.270. The van der Waals surface area contributed by atoms with Gasteiger partial charge in [-0.15, -0.1) is 0 Å². The van der Waals surface area contributed by atoms with Crippen LogP contribution in [0, 0.1) is 0 Å². The third-order valence-corrected chi connectivity index (χ3v) is 1.75. The predicted molar refractivity (Wildman–Crippen MR) is 44.0 cm³/mol. The molecule has 2 rings (SSSR count). The molecule has 0 saturated carbocycles. The quantitative estimate of drug-likeness (QED) is 0.613. The van der Waals surface area contributed by atoms with Gasteiger partial charge in [0, 0.05) is 10.9 Å². The molecule has 3 nitrogen and oxygen atoms in total. The Morgan fingerprint density at radius 1 is 1.25 bits per heavy atom. The van der Waals surface area contributed by atoms with E-state index in [1.54, 1.807) is 18.2 Å². The minimum absolute atomic E-state index is 0.440. The first-order chi connectivity index (χ1) is 5.79. The Kier molecular flexibility index (Phi) is 1.37. The van der Waals surface area contributed by atoms with Crippen LogP contribution in [0.3, 0.4) is 0 Å². The van der Waals surface area contributed by atoms with Crippen molar-refractivity contribution in [3.8, 4) is 5.75 Å². The molecule has 0 amide bonds. The van der Waals surface area contributed by atoms with Crippen molar-refractivity contribution >= 4 is 10.9 Å². The van der Waals surface area contributed by atoms with E-state index in [0.29, 0.717) is 10.9 Å². The number of aromatic amines is 1. The van der Waals surface area contributed by atoms with Crippen molar-refractivity contribution in [2.45, 2.75) is 0 Å². The topological polar surface area (TPSA) is 55.9 Å². The van der Waals surface area contributed by atoms with Gasteiger partial charge in [0.25, 0.3) is 0 Å². The molecule has 0 aliphatic rings. The highest BCUT2D eigenvalue weighted by Crippen LogP contribution is 2.07. The molecule has 0 bridgehead atoms. The Bertz CT molecular complexity index is 473. The number of fused-ring (bicyclic) bond motifs is 1. The van der Waals surface area contributed by atoms with Gasteiger partial charge < -0.3 is 10.1 Å². The molecule has 0 fully saturated rings. The molecule has 0 aliphatic carbocycles. The van der Waals surface area contributed by atoms with Crippen molar-refractivity contribution in [2.24, 2.45) is 0 Å². The van der Waals surface area contributed by atoms with Crippen molar-refractivity contribution in [1.82, 2.24) is 4.98 Å². The van der Waals surface area contributed by atoms with Gasteiger partial charge in [-0.25, -0.2) is 0 Å². The van der Waals surface area contributed by atoms with Crippen LogP contribution in [0.5, 0.6) is 5.75 Å². The fourth-order valence-corrected chi connectivity index (χ4v) is 1.15. The second-order valence-electron chi connectivity index (χ2n) is 2.53. The SMILES string of the molecule is O=c1c([O-])c[nH]c2ccccc12. The molecule has 60 valence electrons. The number of pyridine rings is 1. The monoisotopic (exact) mass is 160 g/mol. The van der Waals surface area contributed by atoms with Crippen LogP contribution in [0.15, 0.2) is 35.3 Å². The van der Waals surface area contributed by atoms with Crippen LogP contribution in [0.1, 0.15) is 0 Å². The molecular weight excluding hydrogens is 154 g/mol. The van der Waals surface area contributed by atoms with Gasteiger partial charge in [-0.2, -0.15) is 0 Å². The molecule has 0 saturated heterocycles. The first kappa shape index (κ1) is 6.91. The highest BCUT2D eigenvalue weighted by molar-refractivity contribution is 5.78. The molecular formula is C9H6NO2-. The number of hydrogen-bond donors (Lipinski definition) is 1. The number of H-pyrrole nitrogens is 1. The summed E-state index contributed by atoms with van der Waals surface area (Å²) in [5, 5.41) is 11.3. The van der Waals surface area contributed by atoms with E-state index in [9.17, 15) is 9.90 Å². The van der Waals surface area contributed by atoms with Gasteiger partial charge >= 0.3 is 0 Å². The number of benzene rings is 1. The van der Waals surface area contributed by atoms with E-state index in [1.165, 1.54) is 6.20 Å². The average molecular weight is 160 g/mol. The molecule has 1 heterocycles. The number of para-hydroxylation sites is 1. The van der Waals surface area contributed by atoms with Crippen LogP contribution >= 0.6 is 0 Å². The second kappa shape index (κ2) is 2.37. The van der Waals surface area contributed by atoms with Gasteiger partial charge in [0.2, 0.25) is 0 Å². The summed E-state index contributed by atoms with van der Waals surface area (Å²) in [6.07, 6.45) is 1.19. The van der Waals surface area contributed by atoms with Crippen LogP contribution in [-0.2, 0) is 0 Å². The van der Waals surface area contributed by atoms with Crippen molar-refractivity contribution in [2.75, 3.05) is 0 Å². The Morgan fingerprint density at radius 3 is 2.83 bits per heavy atom. The third-order valence-electron chi connectivity index (χ3n) is 1.75. The van der Waals surface area contributed by atoms with E-state index in [-0.39, 0.29) is 0 Å². The first-order valence-electron chi connectivity index (χ1n) is 3.56. The van der Waals surface area contributed by atoms with Gasteiger partial charge in [-0.05, 0) is 24.1 Å². The van der Waals surface area contributed by atoms with Crippen LogP contribution in [0.25, 0.3) is 10.9 Å². The molecule has 1 aromatic heterocycles. The molecule has 0 radical (unpaired) electrons. The maximum atomic E-state index is 11.2. The molecule has 0 aliphatic heterocycles. The van der Waals surface area contributed by atoms with E-state index < -0.39 is 11.2 Å². The smallest absolute Gasteiger partial charge is 0.181 e.